The summed E-state index contributed by atoms with van der Waals surface area (Å²) >= 11 is 0. The van der Waals surface area contributed by atoms with Gasteiger partial charge in [0, 0.05) is 0 Å². The number of aryl methyl sites for hydroxylation is 1. The zero-order valence-corrected chi connectivity index (χ0v) is 14.8. The van der Waals surface area contributed by atoms with Crippen molar-refractivity contribution < 1.29 is 0 Å². The molecular weight excluding hydrogens is 254 g/mol. The van der Waals surface area contributed by atoms with Crippen LogP contribution >= 0.6 is 0 Å². The maximum Gasteiger partial charge on any atom is -0.00172 e. The van der Waals surface area contributed by atoms with Crippen molar-refractivity contribution in [1.29, 1.82) is 0 Å². The van der Waals surface area contributed by atoms with Crippen LogP contribution in [0.25, 0.3) is 0 Å². The summed E-state index contributed by atoms with van der Waals surface area (Å²) in [6.45, 7) is 13.7. The molecule has 1 rings (SSSR count). The minimum absolute atomic E-state index is 0.736. The summed E-state index contributed by atoms with van der Waals surface area (Å²) in [5.41, 5.74) is 2.97. The van der Waals surface area contributed by atoms with Gasteiger partial charge in [-0.15, -0.1) is 0 Å². The SMILES string of the molecule is Cc1ccccc1CC(CCCC(C)C)CNCC(C)C. The van der Waals surface area contributed by atoms with Gasteiger partial charge in [-0.05, 0) is 61.7 Å². The van der Waals surface area contributed by atoms with E-state index in [1.54, 1.807) is 0 Å². The number of hydrogen-bond donors (Lipinski definition) is 1. The van der Waals surface area contributed by atoms with Gasteiger partial charge in [0.1, 0.15) is 0 Å². The normalized spacial score (nSPS) is 13.1. The first-order valence-corrected chi connectivity index (χ1v) is 8.74. The maximum absolute atomic E-state index is 3.66. The van der Waals surface area contributed by atoms with Gasteiger partial charge in [0.15, 0.2) is 0 Å². The molecule has 0 radical (unpaired) electrons. The zero-order valence-electron chi connectivity index (χ0n) is 14.8. The van der Waals surface area contributed by atoms with Crippen molar-refractivity contribution in [2.45, 2.75) is 60.3 Å². The predicted molar refractivity (Wildman–Crippen MR) is 94.8 cm³/mol. The molecule has 0 aliphatic heterocycles. The Bertz CT molecular complexity index is 367. The van der Waals surface area contributed by atoms with Gasteiger partial charge in [-0.25, -0.2) is 0 Å². The third-order valence-electron chi connectivity index (χ3n) is 4.15. The van der Waals surface area contributed by atoms with Crippen LogP contribution in [0.3, 0.4) is 0 Å². The van der Waals surface area contributed by atoms with Crippen molar-refractivity contribution in [2.24, 2.45) is 17.8 Å². The van der Waals surface area contributed by atoms with E-state index in [4.69, 9.17) is 0 Å². The smallest absolute Gasteiger partial charge is 0.00172 e. The largest absolute Gasteiger partial charge is 0.316 e. The van der Waals surface area contributed by atoms with Crippen LogP contribution in [-0.2, 0) is 6.42 Å². The van der Waals surface area contributed by atoms with Gasteiger partial charge in [0.25, 0.3) is 0 Å². The lowest BCUT2D eigenvalue weighted by molar-refractivity contribution is 0.395. The van der Waals surface area contributed by atoms with Crippen LogP contribution < -0.4 is 5.32 Å². The molecule has 1 nitrogen and oxygen atoms in total. The van der Waals surface area contributed by atoms with Gasteiger partial charge >= 0.3 is 0 Å². The van der Waals surface area contributed by atoms with Gasteiger partial charge in [0.05, 0.1) is 0 Å². The van der Waals surface area contributed by atoms with Crippen LogP contribution in [0.2, 0.25) is 0 Å². The maximum atomic E-state index is 3.66. The molecule has 0 saturated heterocycles. The average Bonchev–Trinajstić information content (AvgIpc) is 2.40. The highest BCUT2D eigenvalue weighted by molar-refractivity contribution is 5.25. The summed E-state index contributed by atoms with van der Waals surface area (Å²) in [5.74, 6) is 2.33. The quantitative estimate of drug-likeness (QED) is 0.622. The number of hydrogen-bond acceptors (Lipinski definition) is 1. The van der Waals surface area contributed by atoms with Gasteiger partial charge in [-0.1, -0.05) is 64.8 Å². The van der Waals surface area contributed by atoms with Crippen molar-refractivity contribution in [3.05, 3.63) is 35.4 Å². The Balaban J connectivity index is 2.51. The lowest BCUT2D eigenvalue weighted by Gasteiger charge is -2.20. The van der Waals surface area contributed by atoms with E-state index in [9.17, 15) is 0 Å². The van der Waals surface area contributed by atoms with E-state index < -0.39 is 0 Å². The highest BCUT2D eigenvalue weighted by atomic mass is 14.9. The number of rotatable bonds is 10. The van der Waals surface area contributed by atoms with Gasteiger partial charge in [0.2, 0.25) is 0 Å². The van der Waals surface area contributed by atoms with E-state index in [0.29, 0.717) is 0 Å². The lowest BCUT2D eigenvalue weighted by Crippen LogP contribution is -2.27. The molecule has 0 bridgehead atoms. The first kappa shape index (κ1) is 18.2. The number of nitrogens with one attached hydrogen (secondary N) is 1. The molecule has 1 N–H and O–H groups in total. The standard InChI is InChI=1S/C20H35N/c1-16(2)9-8-11-19(15-21-14-17(3)4)13-20-12-7-6-10-18(20)5/h6-7,10,12,16-17,19,21H,8-9,11,13-15H2,1-5H3. The Morgan fingerprint density at radius 1 is 0.905 bits per heavy atom. The second kappa shape index (κ2) is 10.00. The molecule has 120 valence electrons. The third-order valence-corrected chi connectivity index (χ3v) is 4.15. The van der Waals surface area contributed by atoms with Crippen LogP contribution in [0, 0.1) is 24.7 Å². The Morgan fingerprint density at radius 3 is 2.24 bits per heavy atom. The molecule has 1 aromatic carbocycles. The van der Waals surface area contributed by atoms with Gasteiger partial charge in [-0.2, -0.15) is 0 Å². The molecule has 0 aliphatic carbocycles. The highest BCUT2D eigenvalue weighted by Crippen LogP contribution is 2.19. The van der Waals surface area contributed by atoms with E-state index in [2.05, 4.69) is 64.2 Å². The fourth-order valence-corrected chi connectivity index (χ4v) is 2.82. The van der Waals surface area contributed by atoms with Gasteiger partial charge < -0.3 is 5.32 Å². The molecule has 0 amide bonds. The zero-order chi connectivity index (χ0) is 15.7. The van der Waals surface area contributed by atoms with E-state index in [-0.39, 0.29) is 0 Å². The predicted octanol–water partition coefficient (Wildman–Crippen LogP) is 5.23. The van der Waals surface area contributed by atoms with Crippen molar-refractivity contribution >= 4 is 0 Å². The van der Waals surface area contributed by atoms with Gasteiger partial charge in [-0.3, -0.25) is 0 Å². The molecule has 1 heteroatoms. The Labute approximate surface area is 132 Å². The minimum Gasteiger partial charge on any atom is -0.316 e. The molecule has 0 fully saturated rings. The average molecular weight is 290 g/mol. The van der Waals surface area contributed by atoms with Crippen LogP contribution in [0.5, 0.6) is 0 Å². The molecule has 0 saturated carbocycles. The number of benzene rings is 1. The van der Waals surface area contributed by atoms with Crippen LogP contribution in [0.15, 0.2) is 24.3 Å². The molecular formula is C20H35N. The highest BCUT2D eigenvalue weighted by Gasteiger charge is 2.11. The van der Waals surface area contributed by atoms with Crippen LogP contribution in [-0.4, -0.2) is 13.1 Å². The topological polar surface area (TPSA) is 12.0 Å². The second-order valence-corrected chi connectivity index (χ2v) is 7.37. The monoisotopic (exact) mass is 289 g/mol. The third kappa shape index (κ3) is 8.26. The summed E-state index contributed by atoms with van der Waals surface area (Å²) in [6.07, 6.45) is 5.28. The fourth-order valence-electron chi connectivity index (χ4n) is 2.82. The Hall–Kier alpha value is -0.820. The minimum atomic E-state index is 0.736. The van der Waals surface area contributed by atoms with E-state index in [0.717, 1.165) is 30.8 Å². The summed E-state index contributed by atoms with van der Waals surface area (Å²) in [6, 6.07) is 8.86. The molecule has 0 aliphatic rings. The Morgan fingerprint density at radius 2 is 1.62 bits per heavy atom. The molecule has 1 unspecified atom stereocenters. The first-order valence-electron chi connectivity index (χ1n) is 8.74. The van der Waals surface area contributed by atoms with Crippen molar-refractivity contribution in [3.8, 4) is 0 Å². The fraction of sp³-hybridized carbons (Fsp3) is 0.700. The summed E-state index contributed by atoms with van der Waals surface area (Å²) in [5, 5.41) is 3.66. The van der Waals surface area contributed by atoms with Crippen LogP contribution in [0.4, 0.5) is 0 Å². The van der Waals surface area contributed by atoms with Crippen molar-refractivity contribution in [3.63, 3.8) is 0 Å². The summed E-state index contributed by atoms with van der Waals surface area (Å²) in [7, 11) is 0. The van der Waals surface area contributed by atoms with E-state index >= 15 is 0 Å². The molecule has 1 atom stereocenters. The van der Waals surface area contributed by atoms with Crippen molar-refractivity contribution in [2.75, 3.05) is 13.1 Å². The van der Waals surface area contributed by atoms with Crippen LogP contribution in [0.1, 0.15) is 58.1 Å². The summed E-state index contributed by atoms with van der Waals surface area (Å²) in [4.78, 5) is 0. The molecule has 1 aromatic rings. The van der Waals surface area contributed by atoms with E-state index in [1.165, 1.54) is 36.8 Å². The molecule has 0 heterocycles. The lowest BCUT2D eigenvalue weighted by atomic mass is 9.90. The molecule has 0 aromatic heterocycles. The first-order chi connectivity index (χ1) is 9.99. The summed E-state index contributed by atoms with van der Waals surface area (Å²) < 4.78 is 0. The Kier molecular flexibility index (Phi) is 8.68. The molecule has 0 spiro atoms. The van der Waals surface area contributed by atoms with Crippen molar-refractivity contribution in [1.82, 2.24) is 5.32 Å². The van der Waals surface area contributed by atoms with E-state index in [1.807, 2.05) is 0 Å². The second-order valence-electron chi connectivity index (χ2n) is 7.37. The molecule has 21 heavy (non-hydrogen) atoms.